The lowest BCUT2D eigenvalue weighted by Gasteiger charge is -2.07. The maximum Gasteiger partial charge on any atom is 0.184 e. The molecule has 92 valence electrons. The Hall–Kier alpha value is -0.170. The van der Waals surface area contributed by atoms with Gasteiger partial charge in [0.15, 0.2) is 15.4 Å². The highest BCUT2D eigenvalue weighted by atomic mass is 79.9. The zero-order valence-corrected chi connectivity index (χ0v) is 13.4. The van der Waals surface area contributed by atoms with Gasteiger partial charge in [-0.15, -0.1) is 11.3 Å². The number of halogens is 2. The predicted molar refractivity (Wildman–Crippen MR) is 77.3 cm³/mol. The molecule has 2 aromatic rings. The molecule has 0 aliphatic carbocycles. The quantitative estimate of drug-likeness (QED) is 0.843. The average Bonchev–Trinajstić information content (AvgIpc) is 2.87. The van der Waals surface area contributed by atoms with Crippen molar-refractivity contribution in [1.82, 2.24) is 10.3 Å². The summed E-state index contributed by atoms with van der Waals surface area (Å²) >= 11 is 8.32. The molecule has 0 radical (unpaired) electrons. The summed E-state index contributed by atoms with van der Waals surface area (Å²) in [5.74, 6) is 0.781. The van der Waals surface area contributed by atoms with E-state index < -0.39 is 0 Å². The number of thiazole rings is 1. The number of nitrogens with one attached hydrogen (secondary N) is 1. The Morgan fingerprint density at radius 1 is 1.53 bits per heavy atom. The first-order valence-corrected chi connectivity index (χ1v) is 7.72. The Kier molecular flexibility index (Phi) is 4.41. The summed E-state index contributed by atoms with van der Waals surface area (Å²) in [6, 6.07) is 2.19. The first-order valence-electron chi connectivity index (χ1n) is 5.25. The smallest absolute Gasteiger partial charge is 0.184 e. The molecule has 0 spiro atoms. The van der Waals surface area contributed by atoms with Crippen molar-refractivity contribution < 1.29 is 4.42 Å². The van der Waals surface area contributed by atoms with Crippen LogP contribution in [0.2, 0.25) is 0 Å². The molecular weight excluding hydrogens is 368 g/mol. The fourth-order valence-corrected chi connectivity index (χ4v) is 2.90. The molecule has 1 atom stereocenters. The highest BCUT2D eigenvalue weighted by Crippen LogP contribution is 2.34. The average molecular weight is 380 g/mol. The van der Waals surface area contributed by atoms with E-state index in [0.717, 1.165) is 27.5 Å². The number of furan rings is 1. The fraction of sp³-hybridized carbons (Fsp3) is 0.364. The fourth-order valence-electron chi connectivity index (χ4n) is 1.46. The molecule has 0 aliphatic heterocycles. The van der Waals surface area contributed by atoms with Crippen molar-refractivity contribution in [3.05, 3.63) is 26.3 Å². The SMILES string of the molecule is CCNC(C)c1csc(-c2cc(Br)c(Br)o2)n1. The summed E-state index contributed by atoms with van der Waals surface area (Å²) in [7, 11) is 0. The lowest BCUT2D eigenvalue weighted by atomic mass is 10.2. The van der Waals surface area contributed by atoms with Gasteiger partial charge in [0.05, 0.1) is 10.2 Å². The first-order chi connectivity index (χ1) is 8.11. The molecular formula is C11H12Br2N2OS. The van der Waals surface area contributed by atoms with Crippen LogP contribution >= 0.6 is 43.2 Å². The first kappa shape index (κ1) is 13.3. The van der Waals surface area contributed by atoms with Crippen LogP contribution in [0.1, 0.15) is 25.6 Å². The van der Waals surface area contributed by atoms with E-state index in [1.165, 1.54) is 0 Å². The van der Waals surface area contributed by atoms with Gasteiger partial charge in [-0.25, -0.2) is 4.98 Å². The van der Waals surface area contributed by atoms with Crippen molar-refractivity contribution >= 4 is 43.2 Å². The molecule has 17 heavy (non-hydrogen) atoms. The van der Waals surface area contributed by atoms with Crippen LogP contribution in [0.5, 0.6) is 0 Å². The lowest BCUT2D eigenvalue weighted by molar-refractivity contribution is 0.551. The number of aromatic nitrogens is 1. The highest BCUT2D eigenvalue weighted by molar-refractivity contribution is 9.13. The third-order valence-electron chi connectivity index (χ3n) is 2.33. The van der Waals surface area contributed by atoms with Crippen LogP contribution in [-0.2, 0) is 0 Å². The minimum absolute atomic E-state index is 0.270. The van der Waals surface area contributed by atoms with Crippen molar-refractivity contribution in [2.45, 2.75) is 19.9 Å². The second kappa shape index (κ2) is 5.65. The van der Waals surface area contributed by atoms with Crippen molar-refractivity contribution in [3.63, 3.8) is 0 Å². The zero-order valence-electron chi connectivity index (χ0n) is 9.46. The second-order valence-corrected chi connectivity index (χ2v) is 6.02. The van der Waals surface area contributed by atoms with E-state index in [9.17, 15) is 0 Å². The van der Waals surface area contributed by atoms with Crippen molar-refractivity contribution in [2.24, 2.45) is 0 Å². The van der Waals surface area contributed by atoms with E-state index in [2.05, 4.69) is 61.4 Å². The molecule has 0 saturated carbocycles. The van der Waals surface area contributed by atoms with Crippen LogP contribution in [0.4, 0.5) is 0 Å². The van der Waals surface area contributed by atoms with Crippen molar-refractivity contribution in [2.75, 3.05) is 6.54 Å². The Balaban J connectivity index is 2.23. The topological polar surface area (TPSA) is 38.1 Å². The van der Waals surface area contributed by atoms with Crippen LogP contribution < -0.4 is 5.32 Å². The van der Waals surface area contributed by atoms with Gasteiger partial charge < -0.3 is 9.73 Å². The molecule has 2 rings (SSSR count). The number of hydrogen-bond donors (Lipinski definition) is 1. The molecule has 1 N–H and O–H groups in total. The lowest BCUT2D eigenvalue weighted by Crippen LogP contribution is -2.17. The van der Waals surface area contributed by atoms with Gasteiger partial charge in [0.1, 0.15) is 0 Å². The summed E-state index contributed by atoms with van der Waals surface area (Å²) < 4.78 is 7.16. The monoisotopic (exact) mass is 378 g/mol. The van der Waals surface area contributed by atoms with Gasteiger partial charge in [0, 0.05) is 17.5 Å². The van der Waals surface area contributed by atoms with Gasteiger partial charge in [-0.1, -0.05) is 6.92 Å². The molecule has 6 heteroatoms. The van der Waals surface area contributed by atoms with Crippen molar-refractivity contribution in [3.8, 4) is 10.8 Å². The Morgan fingerprint density at radius 3 is 2.88 bits per heavy atom. The Labute approximate surface area is 121 Å². The predicted octanol–water partition coefficient (Wildman–Crippen LogP) is 4.60. The molecule has 1 unspecified atom stereocenters. The molecule has 0 fully saturated rings. The summed E-state index contributed by atoms with van der Waals surface area (Å²) in [4.78, 5) is 4.57. The molecule has 3 nitrogen and oxygen atoms in total. The van der Waals surface area contributed by atoms with Crippen LogP contribution in [0.25, 0.3) is 10.8 Å². The number of rotatable bonds is 4. The molecule has 0 amide bonds. The highest BCUT2D eigenvalue weighted by Gasteiger charge is 2.14. The van der Waals surface area contributed by atoms with Crippen LogP contribution in [0.15, 0.2) is 25.0 Å². The molecule has 0 aromatic carbocycles. The standard InChI is InChI=1S/C11H12Br2N2OS/c1-3-14-6(2)8-5-17-11(15-8)9-4-7(12)10(13)16-9/h4-6,14H,3H2,1-2H3. The van der Waals surface area contributed by atoms with Gasteiger partial charge in [-0.05, 0) is 45.3 Å². The Morgan fingerprint density at radius 2 is 2.29 bits per heavy atom. The van der Waals surface area contributed by atoms with Gasteiger partial charge in [-0.2, -0.15) is 0 Å². The molecule has 0 bridgehead atoms. The third kappa shape index (κ3) is 2.99. The van der Waals surface area contributed by atoms with Gasteiger partial charge >= 0.3 is 0 Å². The summed E-state index contributed by atoms with van der Waals surface area (Å²) in [5, 5.41) is 6.30. The molecule has 2 aromatic heterocycles. The number of hydrogen-bond acceptors (Lipinski definition) is 4. The van der Waals surface area contributed by atoms with E-state index in [0.29, 0.717) is 4.67 Å². The minimum atomic E-state index is 0.270. The van der Waals surface area contributed by atoms with Crippen LogP contribution in [-0.4, -0.2) is 11.5 Å². The Bertz CT molecular complexity index is 490. The van der Waals surface area contributed by atoms with E-state index in [1.54, 1.807) is 11.3 Å². The maximum absolute atomic E-state index is 5.55. The summed E-state index contributed by atoms with van der Waals surface area (Å²) in [6.45, 7) is 5.13. The van der Waals surface area contributed by atoms with E-state index in [1.807, 2.05) is 6.07 Å². The maximum atomic E-state index is 5.55. The summed E-state index contributed by atoms with van der Waals surface area (Å²) in [5.41, 5.74) is 1.05. The van der Waals surface area contributed by atoms with E-state index in [-0.39, 0.29) is 6.04 Å². The van der Waals surface area contributed by atoms with Gasteiger partial charge in [0.2, 0.25) is 0 Å². The van der Waals surface area contributed by atoms with Gasteiger partial charge in [0.25, 0.3) is 0 Å². The normalized spacial score (nSPS) is 12.9. The summed E-state index contributed by atoms with van der Waals surface area (Å²) in [6.07, 6.45) is 0. The minimum Gasteiger partial charge on any atom is -0.446 e. The molecule has 0 aliphatic rings. The van der Waals surface area contributed by atoms with Crippen LogP contribution in [0, 0.1) is 0 Å². The van der Waals surface area contributed by atoms with E-state index in [4.69, 9.17) is 4.42 Å². The van der Waals surface area contributed by atoms with Crippen molar-refractivity contribution in [1.29, 1.82) is 0 Å². The zero-order chi connectivity index (χ0) is 12.4. The largest absolute Gasteiger partial charge is 0.446 e. The van der Waals surface area contributed by atoms with Gasteiger partial charge in [-0.3, -0.25) is 0 Å². The third-order valence-corrected chi connectivity index (χ3v) is 4.92. The number of nitrogens with zero attached hydrogens (tertiary/aromatic N) is 1. The van der Waals surface area contributed by atoms with E-state index >= 15 is 0 Å². The molecule has 2 heterocycles. The molecule has 0 saturated heterocycles. The van der Waals surface area contributed by atoms with Crippen LogP contribution in [0.3, 0.4) is 0 Å². The second-order valence-electron chi connectivity index (χ2n) is 3.59.